The summed E-state index contributed by atoms with van der Waals surface area (Å²) in [5, 5.41) is 0. The molecule has 0 aromatic heterocycles. The molecule has 5 nitrogen and oxygen atoms in total. The summed E-state index contributed by atoms with van der Waals surface area (Å²) in [5.74, 6) is -0.660. The standard InChI is InChI=1S/C18H21FN2O3S/c1-4-21(5-2)18(22)14-7-6-8-16(12-14)20-25(23,24)17-10-9-15(19)11-13(17)3/h6-12,20H,4-5H2,1-3H3. The van der Waals surface area contributed by atoms with Crippen LogP contribution in [0.3, 0.4) is 0 Å². The fraction of sp³-hybridized carbons (Fsp3) is 0.278. The summed E-state index contributed by atoms with van der Waals surface area (Å²) in [6, 6.07) is 9.80. The van der Waals surface area contributed by atoms with Crippen molar-refractivity contribution in [3.63, 3.8) is 0 Å². The maximum absolute atomic E-state index is 13.2. The average molecular weight is 364 g/mol. The molecule has 2 rings (SSSR count). The summed E-state index contributed by atoms with van der Waals surface area (Å²) in [5.41, 5.74) is 0.990. The number of aryl methyl sites for hydroxylation is 1. The van der Waals surface area contributed by atoms with Crippen molar-refractivity contribution in [2.75, 3.05) is 17.8 Å². The number of halogens is 1. The van der Waals surface area contributed by atoms with E-state index in [1.807, 2.05) is 13.8 Å². The van der Waals surface area contributed by atoms with Gasteiger partial charge in [-0.25, -0.2) is 12.8 Å². The normalized spacial score (nSPS) is 11.2. The third-order valence-corrected chi connectivity index (χ3v) is 5.38. The van der Waals surface area contributed by atoms with Crippen LogP contribution in [0.25, 0.3) is 0 Å². The number of nitrogens with zero attached hydrogens (tertiary/aromatic N) is 1. The number of amides is 1. The van der Waals surface area contributed by atoms with Gasteiger partial charge in [0.25, 0.3) is 15.9 Å². The molecule has 0 saturated carbocycles. The van der Waals surface area contributed by atoms with Crippen molar-refractivity contribution in [3.05, 3.63) is 59.4 Å². The molecule has 2 aromatic rings. The number of carbonyl (C=O) groups is 1. The van der Waals surface area contributed by atoms with E-state index in [4.69, 9.17) is 0 Å². The topological polar surface area (TPSA) is 66.5 Å². The largest absolute Gasteiger partial charge is 0.339 e. The maximum Gasteiger partial charge on any atom is 0.262 e. The molecule has 0 bridgehead atoms. The van der Waals surface area contributed by atoms with Gasteiger partial charge in [-0.2, -0.15) is 0 Å². The van der Waals surface area contributed by atoms with Gasteiger partial charge in [0.05, 0.1) is 4.90 Å². The number of hydrogen-bond donors (Lipinski definition) is 1. The van der Waals surface area contributed by atoms with Crippen LogP contribution in [0.1, 0.15) is 29.8 Å². The first-order valence-corrected chi connectivity index (χ1v) is 9.45. The Hall–Kier alpha value is -2.41. The second-order valence-electron chi connectivity index (χ2n) is 5.57. The minimum atomic E-state index is -3.88. The van der Waals surface area contributed by atoms with Gasteiger partial charge < -0.3 is 4.90 Å². The molecule has 0 radical (unpaired) electrons. The van der Waals surface area contributed by atoms with Gasteiger partial charge in [-0.1, -0.05) is 6.07 Å². The van der Waals surface area contributed by atoms with Gasteiger partial charge in [0.1, 0.15) is 5.82 Å². The van der Waals surface area contributed by atoms with Gasteiger partial charge >= 0.3 is 0 Å². The molecule has 0 aliphatic rings. The van der Waals surface area contributed by atoms with Crippen molar-refractivity contribution < 1.29 is 17.6 Å². The summed E-state index contributed by atoms with van der Waals surface area (Å²) in [6.45, 7) is 6.43. The third-order valence-electron chi connectivity index (χ3n) is 3.84. The quantitative estimate of drug-likeness (QED) is 0.854. The van der Waals surface area contributed by atoms with Gasteiger partial charge in [-0.05, 0) is 62.7 Å². The van der Waals surface area contributed by atoms with E-state index in [-0.39, 0.29) is 16.5 Å². The second-order valence-corrected chi connectivity index (χ2v) is 7.22. The van der Waals surface area contributed by atoms with Crippen LogP contribution in [0.4, 0.5) is 10.1 Å². The number of nitrogens with one attached hydrogen (secondary N) is 1. The summed E-state index contributed by atoms with van der Waals surface area (Å²) in [4.78, 5) is 14.0. The minimum Gasteiger partial charge on any atom is -0.339 e. The molecule has 0 atom stereocenters. The van der Waals surface area contributed by atoms with Gasteiger partial charge in [0.2, 0.25) is 0 Å². The number of hydrogen-bond acceptors (Lipinski definition) is 3. The first-order chi connectivity index (χ1) is 11.8. The van der Waals surface area contributed by atoms with Crippen molar-refractivity contribution in [1.29, 1.82) is 0 Å². The minimum absolute atomic E-state index is 0.00521. The molecule has 0 saturated heterocycles. The predicted octanol–water partition coefficient (Wildman–Crippen LogP) is 3.42. The van der Waals surface area contributed by atoms with Crippen molar-refractivity contribution in [3.8, 4) is 0 Å². The van der Waals surface area contributed by atoms with Crippen LogP contribution >= 0.6 is 0 Å². The zero-order valence-corrected chi connectivity index (χ0v) is 15.2. The first-order valence-electron chi connectivity index (χ1n) is 7.96. The zero-order chi connectivity index (χ0) is 18.6. The van der Waals surface area contributed by atoms with E-state index in [1.54, 1.807) is 23.1 Å². The number of carbonyl (C=O) groups excluding carboxylic acids is 1. The van der Waals surface area contributed by atoms with Crippen molar-refractivity contribution in [2.45, 2.75) is 25.7 Å². The molecule has 134 valence electrons. The van der Waals surface area contributed by atoms with Gasteiger partial charge in [-0.15, -0.1) is 0 Å². The van der Waals surface area contributed by atoms with E-state index >= 15 is 0 Å². The lowest BCUT2D eigenvalue weighted by atomic mass is 10.2. The van der Waals surface area contributed by atoms with Crippen LogP contribution in [-0.4, -0.2) is 32.3 Å². The fourth-order valence-electron chi connectivity index (χ4n) is 2.53. The smallest absolute Gasteiger partial charge is 0.262 e. The molecule has 0 fully saturated rings. The van der Waals surface area contributed by atoms with E-state index in [0.29, 0.717) is 24.2 Å². The maximum atomic E-state index is 13.2. The lowest BCUT2D eigenvalue weighted by molar-refractivity contribution is 0.0773. The highest BCUT2D eigenvalue weighted by molar-refractivity contribution is 7.92. The number of benzene rings is 2. The molecule has 25 heavy (non-hydrogen) atoms. The van der Waals surface area contributed by atoms with Crippen LogP contribution < -0.4 is 4.72 Å². The van der Waals surface area contributed by atoms with Crippen LogP contribution in [0.5, 0.6) is 0 Å². The highest BCUT2D eigenvalue weighted by Gasteiger charge is 2.19. The summed E-state index contributed by atoms with van der Waals surface area (Å²) in [7, 11) is -3.88. The molecule has 0 unspecified atom stereocenters. The van der Waals surface area contributed by atoms with E-state index in [2.05, 4.69) is 4.72 Å². The summed E-state index contributed by atoms with van der Waals surface area (Å²) >= 11 is 0. The third kappa shape index (κ3) is 4.36. The molecule has 0 aliphatic heterocycles. The monoisotopic (exact) mass is 364 g/mol. The molecular weight excluding hydrogens is 343 g/mol. The average Bonchev–Trinajstić information content (AvgIpc) is 2.55. The van der Waals surface area contributed by atoms with Gasteiger partial charge in [0.15, 0.2) is 0 Å². The highest BCUT2D eigenvalue weighted by atomic mass is 32.2. The lowest BCUT2D eigenvalue weighted by Gasteiger charge is -2.19. The van der Waals surface area contributed by atoms with E-state index in [1.165, 1.54) is 19.1 Å². The number of anilines is 1. The fourth-order valence-corrected chi connectivity index (χ4v) is 3.81. The first kappa shape index (κ1) is 18.9. The molecule has 1 amide bonds. The van der Waals surface area contributed by atoms with E-state index < -0.39 is 15.8 Å². The molecule has 7 heteroatoms. The van der Waals surface area contributed by atoms with E-state index in [0.717, 1.165) is 12.1 Å². The Labute approximate surface area is 147 Å². The van der Waals surface area contributed by atoms with Crippen LogP contribution in [-0.2, 0) is 10.0 Å². The van der Waals surface area contributed by atoms with Crippen molar-refractivity contribution in [1.82, 2.24) is 4.90 Å². The summed E-state index contributed by atoms with van der Waals surface area (Å²) < 4.78 is 40.7. The Balaban J connectivity index is 2.31. The van der Waals surface area contributed by atoms with Crippen molar-refractivity contribution in [2.24, 2.45) is 0 Å². The lowest BCUT2D eigenvalue weighted by Crippen LogP contribution is -2.30. The zero-order valence-electron chi connectivity index (χ0n) is 14.4. The van der Waals surface area contributed by atoms with Crippen molar-refractivity contribution >= 4 is 21.6 Å². The van der Waals surface area contributed by atoms with Crippen LogP contribution in [0.2, 0.25) is 0 Å². The molecule has 2 aromatic carbocycles. The predicted molar refractivity (Wildman–Crippen MR) is 95.6 cm³/mol. The van der Waals surface area contributed by atoms with E-state index in [9.17, 15) is 17.6 Å². The Morgan fingerprint density at radius 1 is 1.12 bits per heavy atom. The molecule has 0 spiro atoms. The highest BCUT2D eigenvalue weighted by Crippen LogP contribution is 2.21. The van der Waals surface area contributed by atoms with Gasteiger partial charge in [0, 0.05) is 24.3 Å². The molecule has 1 N–H and O–H groups in total. The number of rotatable bonds is 6. The molecule has 0 heterocycles. The Kier molecular flexibility index (Phi) is 5.79. The summed E-state index contributed by atoms with van der Waals surface area (Å²) in [6.07, 6.45) is 0. The van der Waals surface area contributed by atoms with Crippen LogP contribution in [0.15, 0.2) is 47.4 Å². The Morgan fingerprint density at radius 2 is 1.80 bits per heavy atom. The molecule has 0 aliphatic carbocycles. The SMILES string of the molecule is CCN(CC)C(=O)c1cccc(NS(=O)(=O)c2ccc(F)cc2C)c1. The Morgan fingerprint density at radius 3 is 2.40 bits per heavy atom. The van der Waals surface area contributed by atoms with Gasteiger partial charge in [-0.3, -0.25) is 9.52 Å². The van der Waals surface area contributed by atoms with Crippen LogP contribution in [0, 0.1) is 12.7 Å². The number of sulfonamides is 1. The Bertz CT molecular complexity index is 878. The molecular formula is C18H21FN2O3S. The second kappa shape index (κ2) is 7.65.